The van der Waals surface area contributed by atoms with E-state index in [0.29, 0.717) is 11.0 Å². The number of ether oxygens (including phenoxy) is 1. The van der Waals surface area contributed by atoms with Crippen molar-refractivity contribution in [1.29, 1.82) is 0 Å². The maximum Gasteiger partial charge on any atom is 0.0649 e. The molecule has 0 aromatic carbocycles. The summed E-state index contributed by atoms with van der Waals surface area (Å²) in [6.45, 7) is 3.56. The first-order chi connectivity index (χ1) is 6.74. The predicted octanol–water partition coefficient (Wildman–Crippen LogP) is 2.39. The normalized spacial score (nSPS) is 44.1. The lowest BCUT2D eigenvalue weighted by atomic mass is 9.92. The summed E-state index contributed by atoms with van der Waals surface area (Å²) in [5, 5.41) is 4.55. The van der Waals surface area contributed by atoms with Gasteiger partial charge in [0, 0.05) is 12.4 Å². The van der Waals surface area contributed by atoms with Crippen LogP contribution in [-0.2, 0) is 4.74 Å². The van der Waals surface area contributed by atoms with E-state index < -0.39 is 0 Å². The molecule has 1 spiro atoms. The number of nitrogens with one attached hydrogen (secondary N) is 1. The molecule has 14 heavy (non-hydrogen) atoms. The largest absolute Gasteiger partial charge is 0.381 e. The Morgan fingerprint density at radius 2 is 2.00 bits per heavy atom. The molecule has 2 nitrogen and oxygen atoms in total. The van der Waals surface area contributed by atoms with Gasteiger partial charge in [-0.25, -0.2) is 0 Å². The van der Waals surface area contributed by atoms with Crippen molar-refractivity contribution in [2.75, 3.05) is 13.7 Å². The molecule has 2 rings (SSSR count). The Bertz CT molecular complexity index is 190. The highest BCUT2D eigenvalue weighted by Gasteiger charge is 2.38. The van der Waals surface area contributed by atoms with Gasteiger partial charge >= 0.3 is 0 Å². The molecule has 1 unspecified atom stereocenters. The van der Waals surface area contributed by atoms with E-state index in [-0.39, 0.29) is 0 Å². The third-order valence-corrected chi connectivity index (χ3v) is 5.14. The quantitative estimate of drug-likeness (QED) is 0.725. The molecule has 1 heterocycles. The van der Waals surface area contributed by atoms with Crippen molar-refractivity contribution in [3.63, 3.8) is 0 Å². The molecule has 0 amide bonds. The first kappa shape index (κ1) is 10.8. The number of rotatable bonds is 1. The van der Waals surface area contributed by atoms with Gasteiger partial charge in [-0.2, -0.15) is 0 Å². The minimum atomic E-state index is 0.396. The van der Waals surface area contributed by atoms with Gasteiger partial charge in [0.1, 0.15) is 0 Å². The zero-order valence-corrected chi connectivity index (χ0v) is 10.0. The second kappa shape index (κ2) is 4.42. The highest BCUT2D eigenvalue weighted by Crippen LogP contribution is 2.43. The van der Waals surface area contributed by atoms with Gasteiger partial charge in [0.05, 0.1) is 11.0 Å². The van der Waals surface area contributed by atoms with E-state index in [1.165, 1.54) is 38.6 Å². The Hall–Kier alpha value is 0.270. The average Bonchev–Trinajstić information content (AvgIpc) is 2.19. The maximum absolute atomic E-state index is 5.41. The summed E-state index contributed by atoms with van der Waals surface area (Å²) >= 11 is 2.16. The van der Waals surface area contributed by atoms with E-state index in [1.807, 2.05) is 7.11 Å². The summed E-state index contributed by atoms with van der Waals surface area (Å²) in [5.41, 5.74) is 0. The molecule has 1 aliphatic heterocycles. The summed E-state index contributed by atoms with van der Waals surface area (Å²) in [6.07, 6.45) is 6.84. The Morgan fingerprint density at radius 1 is 1.29 bits per heavy atom. The van der Waals surface area contributed by atoms with Gasteiger partial charge in [-0.1, -0.05) is 6.92 Å². The van der Waals surface area contributed by atoms with Crippen molar-refractivity contribution in [1.82, 2.24) is 5.32 Å². The van der Waals surface area contributed by atoms with Gasteiger partial charge in [0.15, 0.2) is 0 Å². The molecule has 0 radical (unpaired) electrons. The zero-order chi connectivity index (χ0) is 10.0. The van der Waals surface area contributed by atoms with E-state index in [1.54, 1.807) is 0 Å². The van der Waals surface area contributed by atoms with Crippen LogP contribution >= 0.6 is 11.8 Å². The van der Waals surface area contributed by atoms with E-state index in [2.05, 4.69) is 24.0 Å². The third kappa shape index (κ3) is 2.26. The topological polar surface area (TPSA) is 21.3 Å². The van der Waals surface area contributed by atoms with Crippen molar-refractivity contribution < 1.29 is 4.74 Å². The molecule has 1 N–H and O–H groups in total. The standard InChI is InChI=1S/C11H21NOS/c1-9-5-8-12-11(14-9)6-3-10(13-2)4-7-11/h9-10,12H,3-8H2,1-2H3. The second-order valence-electron chi connectivity index (χ2n) is 4.57. The van der Waals surface area contributed by atoms with Gasteiger partial charge in [-0.3, -0.25) is 0 Å². The molecular formula is C11H21NOS. The SMILES string of the molecule is COC1CCC2(CC1)NCCC(C)S2. The van der Waals surface area contributed by atoms with Gasteiger partial charge in [-0.05, 0) is 38.6 Å². The van der Waals surface area contributed by atoms with Gasteiger partial charge < -0.3 is 10.1 Å². The highest BCUT2D eigenvalue weighted by atomic mass is 32.2. The summed E-state index contributed by atoms with van der Waals surface area (Å²) in [5.74, 6) is 0. The zero-order valence-electron chi connectivity index (χ0n) is 9.21. The number of thioether (sulfide) groups is 1. The molecule has 1 saturated carbocycles. The van der Waals surface area contributed by atoms with E-state index in [9.17, 15) is 0 Å². The van der Waals surface area contributed by atoms with Gasteiger partial charge in [0.2, 0.25) is 0 Å². The van der Waals surface area contributed by atoms with Crippen molar-refractivity contribution in [2.24, 2.45) is 0 Å². The Balaban J connectivity index is 1.91. The fraction of sp³-hybridized carbons (Fsp3) is 1.00. The highest BCUT2D eigenvalue weighted by molar-refractivity contribution is 8.01. The molecule has 1 atom stereocenters. The first-order valence-electron chi connectivity index (χ1n) is 5.70. The molecule has 82 valence electrons. The number of hydrogen-bond donors (Lipinski definition) is 1. The minimum absolute atomic E-state index is 0.396. The van der Waals surface area contributed by atoms with Crippen molar-refractivity contribution >= 4 is 11.8 Å². The van der Waals surface area contributed by atoms with Crippen molar-refractivity contribution in [3.8, 4) is 0 Å². The monoisotopic (exact) mass is 215 g/mol. The van der Waals surface area contributed by atoms with Crippen molar-refractivity contribution in [2.45, 2.75) is 55.3 Å². The van der Waals surface area contributed by atoms with Gasteiger partial charge in [0.25, 0.3) is 0 Å². The average molecular weight is 215 g/mol. The molecular weight excluding hydrogens is 194 g/mol. The van der Waals surface area contributed by atoms with E-state index in [0.717, 1.165) is 5.25 Å². The fourth-order valence-electron chi connectivity index (χ4n) is 2.58. The molecule has 0 bridgehead atoms. The number of methoxy groups -OCH3 is 1. The molecule has 2 aliphatic rings. The lowest BCUT2D eigenvalue weighted by Gasteiger charge is -2.44. The summed E-state index contributed by atoms with van der Waals surface area (Å²) in [7, 11) is 1.84. The van der Waals surface area contributed by atoms with Crippen LogP contribution in [0.15, 0.2) is 0 Å². The van der Waals surface area contributed by atoms with E-state index >= 15 is 0 Å². The fourth-order valence-corrected chi connectivity index (χ4v) is 4.24. The Morgan fingerprint density at radius 3 is 2.57 bits per heavy atom. The lowest BCUT2D eigenvalue weighted by molar-refractivity contribution is 0.0573. The van der Waals surface area contributed by atoms with E-state index in [4.69, 9.17) is 4.74 Å². The molecule has 0 aromatic rings. The number of hydrogen-bond acceptors (Lipinski definition) is 3. The summed E-state index contributed by atoms with van der Waals surface area (Å²) in [6, 6.07) is 0. The molecule has 1 saturated heterocycles. The van der Waals surface area contributed by atoms with Crippen molar-refractivity contribution in [3.05, 3.63) is 0 Å². The third-order valence-electron chi connectivity index (χ3n) is 3.50. The predicted molar refractivity (Wildman–Crippen MR) is 61.7 cm³/mol. The second-order valence-corrected chi connectivity index (χ2v) is 6.40. The smallest absolute Gasteiger partial charge is 0.0649 e. The van der Waals surface area contributed by atoms with Crippen LogP contribution in [0.2, 0.25) is 0 Å². The minimum Gasteiger partial charge on any atom is -0.381 e. The first-order valence-corrected chi connectivity index (χ1v) is 6.58. The Labute approximate surface area is 91.2 Å². The van der Waals surface area contributed by atoms with Crippen LogP contribution in [0.5, 0.6) is 0 Å². The van der Waals surface area contributed by atoms with Crippen LogP contribution in [0.4, 0.5) is 0 Å². The van der Waals surface area contributed by atoms with Crippen LogP contribution in [0.3, 0.4) is 0 Å². The molecule has 3 heteroatoms. The summed E-state index contributed by atoms with van der Waals surface area (Å²) < 4.78 is 5.41. The lowest BCUT2D eigenvalue weighted by Crippen LogP contribution is -2.50. The molecule has 0 aromatic heterocycles. The molecule has 2 fully saturated rings. The maximum atomic E-state index is 5.41. The van der Waals surface area contributed by atoms with Crippen LogP contribution in [0, 0.1) is 0 Å². The van der Waals surface area contributed by atoms with Crippen LogP contribution in [0.25, 0.3) is 0 Å². The van der Waals surface area contributed by atoms with Crippen LogP contribution in [0.1, 0.15) is 39.0 Å². The van der Waals surface area contributed by atoms with Crippen LogP contribution in [-0.4, -0.2) is 29.9 Å². The molecule has 1 aliphatic carbocycles. The van der Waals surface area contributed by atoms with Gasteiger partial charge in [-0.15, -0.1) is 11.8 Å². The summed E-state index contributed by atoms with van der Waals surface area (Å²) in [4.78, 5) is 0.396. The Kier molecular flexibility index (Phi) is 3.40. The van der Waals surface area contributed by atoms with Crippen LogP contribution < -0.4 is 5.32 Å².